The van der Waals surface area contributed by atoms with E-state index >= 15 is 0 Å². The zero-order valence-corrected chi connectivity index (χ0v) is 18.2. The highest BCUT2D eigenvalue weighted by Crippen LogP contribution is 2.54. The lowest BCUT2D eigenvalue weighted by atomic mass is 9.82. The van der Waals surface area contributed by atoms with Crippen molar-refractivity contribution in [2.75, 3.05) is 27.4 Å². The minimum absolute atomic E-state index is 0.0667. The van der Waals surface area contributed by atoms with Crippen molar-refractivity contribution in [2.45, 2.75) is 71.4 Å². The number of aryl methyl sites for hydroxylation is 2. The van der Waals surface area contributed by atoms with Crippen LogP contribution in [0.25, 0.3) is 0 Å². The van der Waals surface area contributed by atoms with Crippen molar-refractivity contribution in [3.8, 4) is 0 Å². The molecule has 5 nitrogen and oxygen atoms in total. The number of amides is 1. The maximum absolute atomic E-state index is 12.1. The number of nitrogens with zero attached hydrogens (tertiary/aromatic N) is 1. The molecule has 0 aromatic heterocycles. The van der Waals surface area contributed by atoms with Gasteiger partial charge >= 0.3 is 6.09 Å². The first kappa shape index (κ1) is 22.7. The van der Waals surface area contributed by atoms with Gasteiger partial charge in [-0.2, -0.15) is 0 Å². The average molecular weight is 392 g/mol. The second-order valence-electron chi connectivity index (χ2n) is 9.00. The lowest BCUT2D eigenvalue weighted by molar-refractivity contribution is 0.0630. The van der Waals surface area contributed by atoms with Crippen molar-refractivity contribution >= 4 is 6.09 Å². The van der Waals surface area contributed by atoms with Crippen LogP contribution in [0.15, 0.2) is 18.2 Å². The lowest BCUT2D eigenvalue weighted by Gasteiger charge is -2.39. The van der Waals surface area contributed by atoms with Gasteiger partial charge in [0, 0.05) is 34.0 Å². The summed E-state index contributed by atoms with van der Waals surface area (Å²) in [5, 5.41) is 9.95. The van der Waals surface area contributed by atoms with E-state index in [0.717, 1.165) is 57.3 Å². The highest BCUT2D eigenvalue weighted by Gasteiger charge is 2.57. The summed E-state index contributed by atoms with van der Waals surface area (Å²) in [6.07, 6.45) is 4.87. The normalized spacial score (nSPS) is 15.5. The summed E-state index contributed by atoms with van der Waals surface area (Å²) in [7, 11) is 3.44. The predicted molar refractivity (Wildman–Crippen MR) is 112 cm³/mol. The molecule has 1 fully saturated rings. The van der Waals surface area contributed by atoms with Crippen molar-refractivity contribution in [2.24, 2.45) is 5.41 Å². The number of ether oxygens (including phenoxy) is 2. The van der Waals surface area contributed by atoms with Crippen LogP contribution in [0.3, 0.4) is 0 Å². The maximum Gasteiger partial charge on any atom is 0.408 e. The van der Waals surface area contributed by atoms with Crippen molar-refractivity contribution < 1.29 is 19.4 Å². The molecule has 1 aromatic rings. The summed E-state index contributed by atoms with van der Waals surface area (Å²) in [5.41, 5.74) is 3.28. The van der Waals surface area contributed by atoms with Gasteiger partial charge in [-0.1, -0.05) is 39.0 Å². The Kier molecular flexibility index (Phi) is 7.90. The highest BCUT2D eigenvalue weighted by atomic mass is 16.5. The molecule has 1 aliphatic rings. The van der Waals surface area contributed by atoms with Gasteiger partial charge in [-0.3, -0.25) is 4.90 Å². The molecule has 5 heteroatoms. The summed E-state index contributed by atoms with van der Waals surface area (Å²) in [4.78, 5) is 13.8. The Morgan fingerprint density at radius 1 is 1.00 bits per heavy atom. The zero-order valence-electron chi connectivity index (χ0n) is 18.2. The summed E-state index contributed by atoms with van der Waals surface area (Å²) in [5.74, 6) is 0. The van der Waals surface area contributed by atoms with Gasteiger partial charge in [0.25, 0.3) is 0 Å². The molecule has 0 atom stereocenters. The Morgan fingerprint density at radius 3 is 1.82 bits per heavy atom. The quantitative estimate of drug-likeness (QED) is 0.545. The third-order valence-electron chi connectivity index (χ3n) is 5.95. The standard InChI is InChI=1S/C23H37NO4/c1-22(2,3)23(10-11-23)24(21(25)26)17-20-15-18(8-6-12-27-4)14-19(16-20)9-7-13-28-5/h14-16H,6-13,17H2,1-5H3,(H,25,26). The number of rotatable bonds is 11. The van der Waals surface area contributed by atoms with E-state index in [-0.39, 0.29) is 11.0 Å². The van der Waals surface area contributed by atoms with Gasteiger partial charge < -0.3 is 14.6 Å². The van der Waals surface area contributed by atoms with Gasteiger partial charge in [-0.25, -0.2) is 4.79 Å². The molecule has 1 amide bonds. The van der Waals surface area contributed by atoms with Crippen LogP contribution in [-0.2, 0) is 28.9 Å². The van der Waals surface area contributed by atoms with Gasteiger partial charge in [0.15, 0.2) is 0 Å². The third-order valence-corrected chi connectivity index (χ3v) is 5.95. The van der Waals surface area contributed by atoms with Crippen LogP contribution in [0.1, 0.15) is 63.1 Å². The molecule has 1 saturated carbocycles. The molecular weight excluding hydrogens is 354 g/mol. The van der Waals surface area contributed by atoms with E-state index in [9.17, 15) is 9.90 Å². The van der Waals surface area contributed by atoms with Crippen LogP contribution >= 0.6 is 0 Å². The average Bonchev–Trinajstić information content (AvgIpc) is 3.41. The first-order valence-corrected chi connectivity index (χ1v) is 10.3. The van der Waals surface area contributed by atoms with Gasteiger partial charge in [0.2, 0.25) is 0 Å². The van der Waals surface area contributed by atoms with Crippen LogP contribution in [0.2, 0.25) is 0 Å². The van der Waals surface area contributed by atoms with Crippen LogP contribution in [0, 0.1) is 5.41 Å². The molecule has 158 valence electrons. The first-order chi connectivity index (χ1) is 13.2. The van der Waals surface area contributed by atoms with E-state index in [0.29, 0.717) is 6.54 Å². The molecule has 1 aromatic carbocycles. The zero-order chi connectivity index (χ0) is 20.8. The number of hydrogen-bond donors (Lipinski definition) is 1. The minimum Gasteiger partial charge on any atom is -0.465 e. The van der Waals surface area contributed by atoms with Gasteiger partial charge in [-0.15, -0.1) is 0 Å². The second kappa shape index (κ2) is 9.75. The molecule has 0 spiro atoms. The minimum atomic E-state index is -0.821. The fourth-order valence-corrected chi connectivity index (χ4v) is 4.19. The van der Waals surface area contributed by atoms with E-state index in [4.69, 9.17) is 9.47 Å². The maximum atomic E-state index is 12.1. The number of hydrogen-bond acceptors (Lipinski definition) is 3. The number of carbonyl (C=O) groups is 1. The van der Waals surface area contributed by atoms with Crippen LogP contribution in [-0.4, -0.2) is 49.1 Å². The first-order valence-electron chi connectivity index (χ1n) is 10.3. The molecule has 1 aliphatic carbocycles. The fraction of sp³-hybridized carbons (Fsp3) is 0.696. The van der Waals surface area contributed by atoms with Gasteiger partial charge in [0.05, 0.1) is 5.54 Å². The van der Waals surface area contributed by atoms with E-state index in [1.807, 2.05) is 0 Å². The Balaban J connectivity index is 2.24. The SMILES string of the molecule is COCCCc1cc(CCCOC)cc(CN(C(=O)O)C2(C(C)(C)C)CC2)c1. The van der Waals surface area contributed by atoms with E-state index in [1.54, 1.807) is 19.1 Å². The molecular formula is C23H37NO4. The van der Waals surface area contributed by atoms with Gasteiger partial charge in [0.1, 0.15) is 0 Å². The van der Waals surface area contributed by atoms with Crippen molar-refractivity contribution in [1.82, 2.24) is 4.90 Å². The lowest BCUT2D eigenvalue weighted by Crippen LogP contribution is -2.48. The number of benzene rings is 1. The Bertz CT molecular complexity index is 618. The smallest absolute Gasteiger partial charge is 0.408 e. The molecule has 0 aliphatic heterocycles. The molecule has 0 heterocycles. The van der Waals surface area contributed by atoms with Crippen molar-refractivity contribution in [1.29, 1.82) is 0 Å². The van der Waals surface area contributed by atoms with Crippen LogP contribution in [0.5, 0.6) is 0 Å². The molecule has 0 saturated heterocycles. The van der Waals surface area contributed by atoms with Crippen LogP contribution < -0.4 is 0 Å². The molecule has 2 rings (SSSR count). The molecule has 0 unspecified atom stereocenters. The number of carboxylic acid groups (broad SMARTS) is 1. The Labute approximate surface area is 170 Å². The monoisotopic (exact) mass is 391 g/mol. The van der Waals surface area contributed by atoms with E-state index in [2.05, 4.69) is 39.0 Å². The predicted octanol–water partition coefficient (Wildman–Crippen LogP) is 4.90. The fourth-order valence-electron chi connectivity index (χ4n) is 4.19. The second-order valence-corrected chi connectivity index (χ2v) is 9.00. The topological polar surface area (TPSA) is 59.0 Å². The largest absolute Gasteiger partial charge is 0.465 e. The number of methoxy groups -OCH3 is 2. The van der Waals surface area contributed by atoms with Crippen molar-refractivity contribution in [3.05, 3.63) is 34.9 Å². The van der Waals surface area contributed by atoms with Gasteiger partial charge in [-0.05, 0) is 60.6 Å². The molecule has 28 heavy (non-hydrogen) atoms. The molecule has 0 radical (unpaired) electrons. The summed E-state index contributed by atoms with van der Waals surface area (Å²) in [6, 6.07) is 6.59. The molecule has 1 N–H and O–H groups in total. The Hall–Kier alpha value is -1.59. The summed E-state index contributed by atoms with van der Waals surface area (Å²) in [6.45, 7) is 8.35. The Morgan fingerprint density at radius 2 is 1.46 bits per heavy atom. The molecule has 0 bridgehead atoms. The third kappa shape index (κ3) is 5.71. The van der Waals surface area contributed by atoms with Crippen LogP contribution in [0.4, 0.5) is 4.79 Å². The summed E-state index contributed by atoms with van der Waals surface area (Å²) < 4.78 is 10.4. The highest BCUT2D eigenvalue weighted by molar-refractivity contribution is 5.67. The van der Waals surface area contributed by atoms with E-state index < -0.39 is 6.09 Å². The summed E-state index contributed by atoms with van der Waals surface area (Å²) >= 11 is 0. The van der Waals surface area contributed by atoms with E-state index in [1.165, 1.54) is 11.1 Å². The van der Waals surface area contributed by atoms with Crippen molar-refractivity contribution in [3.63, 3.8) is 0 Å².